The maximum Gasteiger partial charge on any atom is 0.243 e. The van der Waals surface area contributed by atoms with Crippen LogP contribution < -0.4 is 5.32 Å². The Balaban J connectivity index is 1.62. The lowest BCUT2D eigenvalue weighted by atomic mass is 9.96. The van der Waals surface area contributed by atoms with E-state index in [2.05, 4.69) is 5.32 Å². The summed E-state index contributed by atoms with van der Waals surface area (Å²) >= 11 is 0. The summed E-state index contributed by atoms with van der Waals surface area (Å²) in [5.41, 5.74) is 1.04. The molecule has 0 saturated carbocycles. The van der Waals surface area contributed by atoms with E-state index in [1.165, 1.54) is 4.31 Å². The van der Waals surface area contributed by atoms with Crippen molar-refractivity contribution in [2.75, 3.05) is 33.2 Å². The van der Waals surface area contributed by atoms with Gasteiger partial charge in [-0.15, -0.1) is 0 Å². The Hall–Kier alpha value is -1.44. The second kappa shape index (κ2) is 8.06. The van der Waals surface area contributed by atoms with Crippen molar-refractivity contribution in [1.29, 1.82) is 0 Å². The summed E-state index contributed by atoms with van der Waals surface area (Å²) in [5.74, 6) is 0.145. The number of carbonyl (C=O) groups excluding carboxylic acids is 1. The maximum atomic E-state index is 12.9. The summed E-state index contributed by atoms with van der Waals surface area (Å²) in [6.07, 6.45) is 3.31. The van der Waals surface area contributed by atoms with Gasteiger partial charge in [0.05, 0.1) is 4.90 Å². The molecule has 2 heterocycles. The summed E-state index contributed by atoms with van der Waals surface area (Å²) in [6, 6.07) is 7.24. The summed E-state index contributed by atoms with van der Waals surface area (Å²) in [7, 11) is -1.56. The Morgan fingerprint density at radius 3 is 2.38 bits per heavy atom. The average Bonchev–Trinajstić information content (AvgIpc) is 3.10. The Kier molecular flexibility index (Phi) is 5.99. The van der Waals surface area contributed by atoms with E-state index in [1.807, 2.05) is 31.0 Å². The third-order valence-electron chi connectivity index (χ3n) is 5.56. The highest BCUT2D eigenvalue weighted by molar-refractivity contribution is 7.89. The lowest BCUT2D eigenvalue weighted by Crippen LogP contribution is -2.47. The van der Waals surface area contributed by atoms with Crippen molar-refractivity contribution in [2.24, 2.45) is 5.92 Å². The number of likely N-dealkylation sites (N-methyl/N-ethyl adjacent to an activating group) is 1. The number of benzene rings is 1. The highest BCUT2D eigenvalue weighted by atomic mass is 32.2. The summed E-state index contributed by atoms with van der Waals surface area (Å²) in [4.78, 5) is 15.2. The van der Waals surface area contributed by atoms with E-state index in [0.717, 1.165) is 31.5 Å². The molecule has 2 aliphatic heterocycles. The number of hydrogen-bond donors (Lipinski definition) is 1. The van der Waals surface area contributed by atoms with Crippen LogP contribution in [0.2, 0.25) is 0 Å². The quantitative estimate of drug-likeness (QED) is 0.844. The highest BCUT2D eigenvalue weighted by Gasteiger charge is 2.36. The molecule has 1 atom stereocenters. The molecule has 0 radical (unpaired) electrons. The first kappa shape index (κ1) is 19.3. The van der Waals surface area contributed by atoms with Crippen molar-refractivity contribution in [2.45, 2.75) is 43.5 Å². The molecule has 0 aliphatic carbocycles. The zero-order valence-electron chi connectivity index (χ0n) is 15.6. The van der Waals surface area contributed by atoms with Crippen molar-refractivity contribution >= 4 is 15.9 Å². The van der Waals surface area contributed by atoms with Crippen LogP contribution in [0.15, 0.2) is 29.2 Å². The molecule has 0 aromatic heterocycles. The third-order valence-corrected chi connectivity index (χ3v) is 7.47. The molecule has 6 nitrogen and oxygen atoms in total. The molecule has 144 valence electrons. The molecule has 1 aromatic carbocycles. The predicted octanol–water partition coefficient (Wildman–Crippen LogP) is 1.61. The minimum absolute atomic E-state index is 0.0584. The van der Waals surface area contributed by atoms with Gasteiger partial charge in [0.15, 0.2) is 0 Å². The summed E-state index contributed by atoms with van der Waals surface area (Å²) < 4.78 is 27.1. The van der Waals surface area contributed by atoms with Crippen LogP contribution in [-0.2, 0) is 14.8 Å². The van der Waals surface area contributed by atoms with Crippen LogP contribution in [0.1, 0.15) is 31.2 Å². The Labute approximate surface area is 156 Å². The van der Waals surface area contributed by atoms with E-state index in [-0.39, 0.29) is 17.9 Å². The Morgan fingerprint density at radius 1 is 1.12 bits per heavy atom. The van der Waals surface area contributed by atoms with Crippen LogP contribution in [-0.4, -0.2) is 62.8 Å². The lowest BCUT2D eigenvalue weighted by molar-refractivity contribution is -0.137. The minimum atomic E-state index is -3.47. The maximum absolute atomic E-state index is 12.9. The predicted molar refractivity (Wildman–Crippen MR) is 101 cm³/mol. The van der Waals surface area contributed by atoms with Gasteiger partial charge >= 0.3 is 0 Å². The van der Waals surface area contributed by atoms with Crippen LogP contribution in [0.4, 0.5) is 0 Å². The van der Waals surface area contributed by atoms with Gasteiger partial charge in [-0.2, -0.15) is 4.31 Å². The first-order valence-electron chi connectivity index (χ1n) is 9.45. The number of nitrogens with zero attached hydrogens (tertiary/aromatic N) is 2. The number of carbonyl (C=O) groups is 1. The number of aryl methyl sites for hydroxylation is 1. The number of piperidine rings is 1. The lowest BCUT2D eigenvalue weighted by Gasteiger charge is -2.34. The van der Waals surface area contributed by atoms with E-state index < -0.39 is 10.0 Å². The van der Waals surface area contributed by atoms with Crippen molar-refractivity contribution in [3.8, 4) is 0 Å². The van der Waals surface area contributed by atoms with Crippen LogP contribution in [0.3, 0.4) is 0 Å². The van der Waals surface area contributed by atoms with Crippen molar-refractivity contribution in [1.82, 2.24) is 14.5 Å². The third kappa shape index (κ3) is 3.94. The van der Waals surface area contributed by atoms with Gasteiger partial charge < -0.3 is 10.2 Å². The smallest absolute Gasteiger partial charge is 0.243 e. The van der Waals surface area contributed by atoms with Crippen LogP contribution >= 0.6 is 0 Å². The van der Waals surface area contributed by atoms with Gasteiger partial charge in [-0.25, -0.2) is 8.42 Å². The van der Waals surface area contributed by atoms with Gasteiger partial charge in [0, 0.05) is 38.1 Å². The fourth-order valence-electron chi connectivity index (χ4n) is 4.01. The molecule has 2 saturated heterocycles. The number of likely N-dealkylation sites (tertiary alicyclic amines) is 1. The van der Waals surface area contributed by atoms with Crippen molar-refractivity contribution in [3.05, 3.63) is 29.8 Å². The topological polar surface area (TPSA) is 69.7 Å². The number of nitrogens with one attached hydrogen (secondary N) is 1. The van der Waals surface area contributed by atoms with Crippen molar-refractivity contribution < 1.29 is 13.2 Å². The molecular weight excluding hydrogens is 350 g/mol. The van der Waals surface area contributed by atoms with Gasteiger partial charge in [-0.05, 0) is 51.8 Å². The van der Waals surface area contributed by atoms with E-state index >= 15 is 0 Å². The van der Waals surface area contributed by atoms with Crippen LogP contribution in [0.5, 0.6) is 0 Å². The van der Waals surface area contributed by atoms with E-state index in [4.69, 9.17) is 0 Å². The number of rotatable bonds is 5. The number of amides is 1. The first-order valence-corrected chi connectivity index (χ1v) is 10.9. The number of hydrogen-bond acceptors (Lipinski definition) is 4. The van der Waals surface area contributed by atoms with Crippen LogP contribution in [0, 0.1) is 12.8 Å². The zero-order chi connectivity index (χ0) is 18.7. The molecule has 2 aliphatic rings. The van der Waals surface area contributed by atoms with Gasteiger partial charge in [0.2, 0.25) is 15.9 Å². The molecule has 7 heteroatoms. The van der Waals surface area contributed by atoms with Crippen molar-refractivity contribution in [3.63, 3.8) is 0 Å². The first-order chi connectivity index (χ1) is 12.4. The molecule has 0 bridgehead atoms. The molecule has 26 heavy (non-hydrogen) atoms. The highest BCUT2D eigenvalue weighted by Crippen LogP contribution is 2.28. The molecule has 1 amide bonds. The van der Waals surface area contributed by atoms with Gasteiger partial charge in [0.1, 0.15) is 0 Å². The zero-order valence-corrected chi connectivity index (χ0v) is 16.5. The molecule has 1 unspecified atom stereocenters. The molecular formula is C19H29N3O3S. The van der Waals surface area contributed by atoms with Gasteiger partial charge in [-0.1, -0.05) is 17.7 Å². The standard InChI is InChI=1S/C19H29N3O3S/c1-15-5-7-18(8-6-15)26(24,25)21-12-9-16(10-13-21)19(23)22-11-3-4-17(22)14-20-2/h5-8,16-17,20H,3-4,9-14H2,1-2H3. The molecule has 1 aromatic rings. The van der Waals surface area contributed by atoms with Crippen LogP contribution in [0.25, 0.3) is 0 Å². The van der Waals surface area contributed by atoms with Gasteiger partial charge in [0.25, 0.3) is 0 Å². The number of sulfonamides is 1. The molecule has 1 N–H and O–H groups in total. The molecule has 3 rings (SSSR count). The van der Waals surface area contributed by atoms with Gasteiger partial charge in [-0.3, -0.25) is 4.79 Å². The Bertz CT molecular complexity index is 725. The fourth-order valence-corrected chi connectivity index (χ4v) is 5.48. The summed E-state index contributed by atoms with van der Waals surface area (Å²) in [6.45, 7) is 4.42. The monoisotopic (exact) mass is 379 g/mol. The fraction of sp³-hybridized carbons (Fsp3) is 0.632. The SMILES string of the molecule is CNCC1CCCN1C(=O)C1CCN(S(=O)(=O)c2ccc(C)cc2)CC1. The van der Waals surface area contributed by atoms with E-state index in [9.17, 15) is 13.2 Å². The largest absolute Gasteiger partial charge is 0.338 e. The van der Waals surface area contributed by atoms with E-state index in [0.29, 0.717) is 30.8 Å². The van der Waals surface area contributed by atoms with E-state index in [1.54, 1.807) is 12.1 Å². The second-order valence-corrected chi connectivity index (χ2v) is 9.31. The Morgan fingerprint density at radius 2 is 1.77 bits per heavy atom. The molecule has 2 fully saturated rings. The normalized spacial score (nSPS) is 22.7. The minimum Gasteiger partial charge on any atom is -0.338 e. The molecule has 0 spiro atoms. The second-order valence-electron chi connectivity index (χ2n) is 7.38. The summed E-state index contributed by atoms with van der Waals surface area (Å²) in [5, 5.41) is 3.17. The average molecular weight is 380 g/mol.